The van der Waals surface area contributed by atoms with Crippen molar-refractivity contribution in [1.29, 1.82) is 0 Å². The summed E-state index contributed by atoms with van der Waals surface area (Å²) in [5.74, 6) is 2.17. The van der Waals surface area contributed by atoms with Crippen molar-refractivity contribution in [2.45, 2.75) is 58.9 Å². The standard InChI is InChI=1S/C18H31NO/c1-7-8-14(2)17(13-19-18(3,4)5)15-9-11-16(20-6)12-10-15/h9-12,14,17,19H,7-8,13H2,1-6H3. The Hall–Kier alpha value is -1.02. The summed E-state index contributed by atoms with van der Waals surface area (Å²) in [5, 5.41) is 3.66. The molecule has 0 spiro atoms. The van der Waals surface area contributed by atoms with Crippen molar-refractivity contribution < 1.29 is 4.74 Å². The third-order valence-electron chi connectivity index (χ3n) is 3.83. The molecular weight excluding hydrogens is 246 g/mol. The molecule has 1 rings (SSSR count). The van der Waals surface area contributed by atoms with E-state index in [4.69, 9.17) is 4.74 Å². The van der Waals surface area contributed by atoms with Crippen LogP contribution in [0.5, 0.6) is 5.75 Å². The van der Waals surface area contributed by atoms with Crippen LogP contribution in [0, 0.1) is 5.92 Å². The smallest absolute Gasteiger partial charge is 0.118 e. The highest BCUT2D eigenvalue weighted by Gasteiger charge is 2.21. The highest BCUT2D eigenvalue weighted by Crippen LogP contribution is 2.29. The van der Waals surface area contributed by atoms with Gasteiger partial charge < -0.3 is 10.1 Å². The van der Waals surface area contributed by atoms with Crippen molar-refractivity contribution in [3.63, 3.8) is 0 Å². The Balaban J connectivity index is 2.84. The van der Waals surface area contributed by atoms with Gasteiger partial charge in [-0.25, -0.2) is 0 Å². The fourth-order valence-electron chi connectivity index (χ4n) is 2.57. The quantitative estimate of drug-likeness (QED) is 0.786. The lowest BCUT2D eigenvalue weighted by Gasteiger charge is -2.29. The maximum Gasteiger partial charge on any atom is 0.118 e. The second-order valence-corrected chi connectivity index (χ2v) is 6.78. The van der Waals surface area contributed by atoms with Crippen molar-refractivity contribution in [3.05, 3.63) is 29.8 Å². The van der Waals surface area contributed by atoms with Gasteiger partial charge in [0.2, 0.25) is 0 Å². The van der Waals surface area contributed by atoms with E-state index in [1.165, 1.54) is 18.4 Å². The highest BCUT2D eigenvalue weighted by molar-refractivity contribution is 5.30. The Morgan fingerprint density at radius 1 is 1.15 bits per heavy atom. The molecule has 1 N–H and O–H groups in total. The van der Waals surface area contributed by atoms with E-state index in [9.17, 15) is 0 Å². The first-order valence-corrected chi connectivity index (χ1v) is 7.76. The SMILES string of the molecule is CCCC(C)C(CNC(C)(C)C)c1ccc(OC)cc1. The van der Waals surface area contributed by atoms with Crippen LogP contribution in [0.2, 0.25) is 0 Å². The van der Waals surface area contributed by atoms with Gasteiger partial charge in [-0.3, -0.25) is 0 Å². The van der Waals surface area contributed by atoms with Crippen molar-refractivity contribution in [2.24, 2.45) is 5.92 Å². The van der Waals surface area contributed by atoms with E-state index in [-0.39, 0.29) is 5.54 Å². The topological polar surface area (TPSA) is 21.3 Å². The number of hydrogen-bond donors (Lipinski definition) is 1. The Kier molecular flexibility index (Phi) is 6.54. The molecule has 0 bridgehead atoms. The number of rotatable bonds is 7. The maximum absolute atomic E-state index is 5.26. The van der Waals surface area contributed by atoms with Crippen LogP contribution in [0.15, 0.2) is 24.3 Å². The average molecular weight is 277 g/mol. The van der Waals surface area contributed by atoms with Crippen LogP contribution in [0.1, 0.15) is 58.9 Å². The molecule has 0 fully saturated rings. The zero-order valence-corrected chi connectivity index (χ0v) is 14.0. The number of hydrogen-bond acceptors (Lipinski definition) is 2. The number of benzene rings is 1. The Morgan fingerprint density at radius 3 is 2.20 bits per heavy atom. The molecular formula is C18H31NO. The minimum Gasteiger partial charge on any atom is -0.497 e. The zero-order valence-electron chi connectivity index (χ0n) is 14.0. The van der Waals surface area contributed by atoms with E-state index in [2.05, 4.69) is 64.2 Å². The third-order valence-corrected chi connectivity index (χ3v) is 3.83. The van der Waals surface area contributed by atoms with Gasteiger partial charge in [0.05, 0.1) is 7.11 Å². The first-order chi connectivity index (χ1) is 9.37. The van der Waals surface area contributed by atoms with Gasteiger partial charge in [0, 0.05) is 12.1 Å². The third kappa shape index (κ3) is 5.54. The maximum atomic E-state index is 5.26. The molecule has 2 atom stereocenters. The Labute approximate surface area is 124 Å². The molecule has 2 heteroatoms. The van der Waals surface area contributed by atoms with Crippen LogP contribution >= 0.6 is 0 Å². The lowest BCUT2D eigenvalue weighted by molar-refractivity contribution is 0.348. The fourth-order valence-corrected chi connectivity index (χ4v) is 2.57. The van der Waals surface area contributed by atoms with Gasteiger partial charge in [-0.05, 0) is 50.3 Å². The molecule has 0 saturated heterocycles. The summed E-state index contributed by atoms with van der Waals surface area (Å²) in [7, 11) is 1.72. The average Bonchev–Trinajstić information content (AvgIpc) is 2.38. The van der Waals surface area contributed by atoms with E-state index in [0.29, 0.717) is 11.8 Å². The lowest BCUT2D eigenvalue weighted by atomic mass is 9.84. The predicted octanol–water partition coefficient (Wildman–Crippen LogP) is 4.60. The van der Waals surface area contributed by atoms with Crippen LogP contribution < -0.4 is 10.1 Å². The Bertz CT molecular complexity index is 377. The Morgan fingerprint density at radius 2 is 1.75 bits per heavy atom. The van der Waals surface area contributed by atoms with E-state index < -0.39 is 0 Å². The van der Waals surface area contributed by atoms with E-state index in [0.717, 1.165) is 12.3 Å². The lowest BCUT2D eigenvalue weighted by Crippen LogP contribution is -2.39. The second-order valence-electron chi connectivity index (χ2n) is 6.78. The normalized spacial score (nSPS) is 14.9. The molecule has 0 saturated carbocycles. The summed E-state index contributed by atoms with van der Waals surface area (Å²) < 4.78 is 5.26. The van der Waals surface area contributed by atoms with Crippen molar-refractivity contribution in [1.82, 2.24) is 5.32 Å². The van der Waals surface area contributed by atoms with Gasteiger partial charge in [-0.15, -0.1) is 0 Å². The van der Waals surface area contributed by atoms with Gasteiger partial charge in [0.1, 0.15) is 5.75 Å². The van der Waals surface area contributed by atoms with Gasteiger partial charge in [-0.2, -0.15) is 0 Å². The van der Waals surface area contributed by atoms with Gasteiger partial charge in [0.25, 0.3) is 0 Å². The molecule has 0 radical (unpaired) electrons. The van der Waals surface area contributed by atoms with Crippen LogP contribution in [-0.4, -0.2) is 19.2 Å². The fraction of sp³-hybridized carbons (Fsp3) is 0.667. The molecule has 0 aliphatic rings. The van der Waals surface area contributed by atoms with E-state index >= 15 is 0 Å². The van der Waals surface area contributed by atoms with Gasteiger partial charge in [-0.1, -0.05) is 38.8 Å². The minimum absolute atomic E-state index is 0.163. The zero-order chi connectivity index (χ0) is 15.2. The van der Waals surface area contributed by atoms with E-state index in [1.807, 2.05) is 0 Å². The van der Waals surface area contributed by atoms with Crippen LogP contribution in [-0.2, 0) is 0 Å². The molecule has 0 heterocycles. The minimum atomic E-state index is 0.163. The molecule has 114 valence electrons. The summed E-state index contributed by atoms with van der Waals surface area (Å²) in [6.45, 7) is 12.3. The summed E-state index contributed by atoms with van der Waals surface area (Å²) >= 11 is 0. The summed E-state index contributed by atoms with van der Waals surface area (Å²) in [6.07, 6.45) is 2.51. The molecule has 0 aliphatic carbocycles. The van der Waals surface area contributed by atoms with Crippen LogP contribution in [0.25, 0.3) is 0 Å². The van der Waals surface area contributed by atoms with E-state index in [1.54, 1.807) is 7.11 Å². The van der Waals surface area contributed by atoms with Crippen molar-refractivity contribution in [2.75, 3.05) is 13.7 Å². The second kappa shape index (κ2) is 7.68. The summed E-state index contributed by atoms with van der Waals surface area (Å²) in [5.41, 5.74) is 1.57. The highest BCUT2D eigenvalue weighted by atomic mass is 16.5. The molecule has 1 aromatic rings. The summed E-state index contributed by atoms with van der Waals surface area (Å²) in [6, 6.07) is 8.55. The predicted molar refractivity (Wildman–Crippen MR) is 87.6 cm³/mol. The first kappa shape index (κ1) is 17.0. The van der Waals surface area contributed by atoms with Crippen molar-refractivity contribution >= 4 is 0 Å². The molecule has 0 aromatic heterocycles. The van der Waals surface area contributed by atoms with Gasteiger partial charge in [0.15, 0.2) is 0 Å². The van der Waals surface area contributed by atoms with Crippen LogP contribution in [0.3, 0.4) is 0 Å². The largest absolute Gasteiger partial charge is 0.497 e. The number of nitrogens with one attached hydrogen (secondary N) is 1. The monoisotopic (exact) mass is 277 g/mol. The number of methoxy groups -OCH3 is 1. The molecule has 1 aromatic carbocycles. The van der Waals surface area contributed by atoms with Gasteiger partial charge >= 0.3 is 0 Å². The molecule has 0 aliphatic heterocycles. The molecule has 2 nitrogen and oxygen atoms in total. The van der Waals surface area contributed by atoms with Crippen molar-refractivity contribution in [3.8, 4) is 5.75 Å². The first-order valence-electron chi connectivity index (χ1n) is 7.76. The van der Waals surface area contributed by atoms with Crippen LogP contribution in [0.4, 0.5) is 0 Å². The molecule has 20 heavy (non-hydrogen) atoms. The molecule has 0 amide bonds. The molecule has 2 unspecified atom stereocenters. The summed E-state index contributed by atoms with van der Waals surface area (Å²) in [4.78, 5) is 0. The number of ether oxygens (including phenoxy) is 1.